The Morgan fingerprint density at radius 1 is 0.686 bits per heavy atom. The van der Waals surface area contributed by atoms with E-state index < -0.39 is 18.2 Å². The first kappa shape index (κ1) is 33.8. The van der Waals surface area contributed by atoms with Crippen molar-refractivity contribution in [3.63, 3.8) is 0 Å². The third kappa shape index (κ3) is 21.8. The van der Waals surface area contributed by atoms with Crippen LogP contribution in [0.2, 0.25) is 0 Å². The predicted octanol–water partition coefficient (Wildman–Crippen LogP) is 6.75. The maximum Gasteiger partial charge on any atom is 0.220 e. The van der Waals surface area contributed by atoms with Crippen molar-refractivity contribution in [1.29, 1.82) is 0 Å². The van der Waals surface area contributed by atoms with Crippen LogP contribution in [-0.2, 0) is 4.79 Å². The summed E-state index contributed by atoms with van der Waals surface area (Å²) < 4.78 is 0. The summed E-state index contributed by atoms with van der Waals surface area (Å²) in [5.41, 5.74) is 0. The first-order valence-corrected chi connectivity index (χ1v) is 14.6. The van der Waals surface area contributed by atoms with Gasteiger partial charge in [-0.2, -0.15) is 0 Å². The molecular weight excluding hydrogens is 438 g/mol. The van der Waals surface area contributed by atoms with E-state index in [-0.39, 0.29) is 12.5 Å². The lowest BCUT2D eigenvalue weighted by molar-refractivity contribution is -0.124. The van der Waals surface area contributed by atoms with E-state index in [1.54, 1.807) is 0 Å². The molecule has 1 amide bonds. The molecule has 0 radical (unpaired) electrons. The number of aliphatic hydroxyl groups is 3. The average Bonchev–Trinajstić information content (AvgIpc) is 2.86. The summed E-state index contributed by atoms with van der Waals surface area (Å²) in [4.78, 5) is 12.2. The molecule has 5 heteroatoms. The number of hydrogen-bond donors (Lipinski definition) is 4. The number of rotatable bonds is 25. The first-order chi connectivity index (χ1) is 17.1. The summed E-state index contributed by atoms with van der Waals surface area (Å²) in [6.45, 7) is 4.05. The molecule has 0 rings (SSSR count). The van der Waals surface area contributed by atoms with Crippen molar-refractivity contribution in [2.75, 3.05) is 6.61 Å². The maximum atomic E-state index is 12.2. The molecule has 0 aliphatic heterocycles. The normalized spacial score (nSPS) is 14.5. The van der Waals surface area contributed by atoms with Gasteiger partial charge in [0.05, 0.1) is 18.8 Å². The van der Waals surface area contributed by atoms with Crippen LogP contribution < -0.4 is 5.32 Å². The average molecular weight is 496 g/mol. The molecule has 0 aromatic rings. The van der Waals surface area contributed by atoms with Gasteiger partial charge in [-0.1, -0.05) is 109 Å². The van der Waals surface area contributed by atoms with Crippen molar-refractivity contribution in [1.82, 2.24) is 5.32 Å². The topological polar surface area (TPSA) is 89.8 Å². The van der Waals surface area contributed by atoms with Gasteiger partial charge in [-0.3, -0.25) is 4.79 Å². The number of nitrogens with one attached hydrogen (secondary N) is 1. The quantitative estimate of drug-likeness (QED) is 0.0833. The molecule has 0 saturated carbocycles. The van der Waals surface area contributed by atoms with Gasteiger partial charge in [-0.15, -0.1) is 0 Å². The van der Waals surface area contributed by atoms with Crippen LogP contribution in [0.5, 0.6) is 0 Å². The van der Waals surface area contributed by atoms with Crippen LogP contribution in [0.1, 0.15) is 136 Å². The number of amides is 1. The second-order valence-electron chi connectivity index (χ2n) is 9.94. The molecule has 0 saturated heterocycles. The fourth-order valence-corrected chi connectivity index (χ4v) is 4.16. The van der Waals surface area contributed by atoms with E-state index in [4.69, 9.17) is 0 Å². The van der Waals surface area contributed by atoms with Crippen molar-refractivity contribution in [2.45, 2.75) is 154 Å². The Balaban J connectivity index is 3.87. The Morgan fingerprint density at radius 3 is 1.71 bits per heavy atom. The van der Waals surface area contributed by atoms with E-state index in [1.165, 1.54) is 57.8 Å². The van der Waals surface area contributed by atoms with Gasteiger partial charge < -0.3 is 20.6 Å². The second kappa shape index (κ2) is 25.9. The summed E-state index contributed by atoms with van der Waals surface area (Å²) >= 11 is 0. The van der Waals surface area contributed by atoms with Crippen LogP contribution in [0.25, 0.3) is 0 Å². The lowest BCUT2D eigenvalue weighted by Crippen LogP contribution is -2.50. The number of unbranched alkanes of at least 4 members (excludes halogenated alkanes) is 13. The van der Waals surface area contributed by atoms with Gasteiger partial charge >= 0.3 is 0 Å². The van der Waals surface area contributed by atoms with Crippen LogP contribution in [0.4, 0.5) is 0 Å². The van der Waals surface area contributed by atoms with Gasteiger partial charge in [0, 0.05) is 6.42 Å². The Bertz CT molecular complexity index is 520. The number of aliphatic hydroxyl groups excluding tert-OH is 3. The van der Waals surface area contributed by atoms with Crippen LogP contribution >= 0.6 is 0 Å². The Kier molecular flexibility index (Phi) is 25.0. The van der Waals surface area contributed by atoms with Gasteiger partial charge in [0.15, 0.2) is 0 Å². The highest BCUT2D eigenvalue weighted by molar-refractivity contribution is 5.76. The molecule has 3 atom stereocenters. The molecule has 0 aromatic carbocycles. The SMILES string of the molecule is CCCC/C=C/CC/C=C/CCCC(O)C(O)C(CO)NC(=O)CCCCCCCCCCCC. The van der Waals surface area contributed by atoms with Crippen molar-refractivity contribution in [3.8, 4) is 0 Å². The fraction of sp³-hybridized carbons (Fsp3) is 0.833. The third-order valence-electron chi connectivity index (χ3n) is 6.54. The Labute approximate surface area is 216 Å². The standard InChI is InChI=1S/C30H57NO4/c1-3-5-7-9-11-13-15-16-18-20-22-24-28(33)30(35)27(26-32)31-29(34)25-23-21-19-17-14-12-10-8-6-4-2/h9,11,16,18,27-28,30,32-33,35H,3-8,10,12-15,17,19-26H2,1-2H3,(H,31,34)/b11-9+,18-16+. The van der Waals surface area contributed by atoms with Crippen LogP contribution in [-0.4, -0.2) is 46.1 Å². The lowest BCUT2D eigenvalue weighted by atomic mass is 10.0. The predicted molar refractivity (Wildman–Crippen MR) is 148 cm³/mol. The van der Waals surface area contributed by atoms with Crippen molar-refractivity contribution in [2.24, 2.45) is 0 Å². The smallest absolute Gasteiger partial charge is 0.220 e. The number of allylic oxidation sites excluding steroid dienone is 4. The Hall–Kier alpha value is -1.17. The molecule has 0 heterocycles. The summed E-state index contributed by atoms with van der Waals surface area (Å²) in [6, 6.07) is -0.823. The zero-order valence-electron chi connectivity index (χ0n) is 22.9. The zero-order chi connectivity index (χ0) is 26.0. The van der Waals surface area contributed by atoms with E-state index in [0.717, 1.165) is 51.4 Å². The van der Waals surface area contributed by atoms with Crippen LogP contribution in [0.15, 0.2) is 24.3 Å². The number of carbonyl (C=O) groups excluding carboxylic acids is 1. The summed E-state index contributed by atoms with van der Waals surface area (Å²) in [5.74, 6) is -0.165. The molecule has 3 unspecified atom stereocenters. The summed E-state index contributed by atoms with van der Waals surface area (Å²) in [5, 5.41) is 33.0. The minimum atomic E-state index is -1.16. The molecule has 0 aliphatic carbocycles. The van der Waals surface area contributed by atoms with Crippen LogP contribution in [0.3, 0.4) is 0 Å². The highest BCUT2D eigenvalue weighted by Gasteiger charge is 2.26. The fourth-order valence-electron chi connectivity index (χ4n) is 4.16. The number of hydrogen-bond acceptors (Lipinski definition) is 4. The molecule has 0 bridgehead atoms. The minimum Gasteiger partial charge on any atom is -0.394 e. The molecule has 206 valence electrons. The molecule has 0 fully saturated rings. The van der Waals surface area contributed by atoms with Crippen molar-refractivity contribution in [3.05, 3.63) is 24.3 Å². The van der Waals surface area contributed by atoms with Crippen LogP contribution in [0, 0.1) is 0 Å². The Morgan fingerprint density at radius 2 is 1.17 bits per heavy atom. The number of carbonyl (C=O) groups is 1. The minimum absolute atomic E-state index is 0.165. The largest absolute Gasteiger partial charge is 0.394 e. The van der Waals surface area contributed by atoms with Crippen molar-refractivity contribution < 1.29 is 20.1 Å². The molecule has 35 heavy (non-hydrogen) atoms. The van der Waals surface area contributed by atoms with Gasteiger partial charge in [-0.25, -0.2) is 0 Å². The van der Waals surface area contributed by atoms with Gasteiger partial charge in [0.25, 0.3) is 0 Å². The summed E-state index contributed by atoms with van der Waals surface area (Å²) in [7, 11) is 0. The highest BCUT2D eigenvalue weighted by Crippen LogP contribution is 2.12. The van der Waals surface area contributed by atoms with E-state index >= 15 is 0 Å². The van der Waals surface area contributed by atoms with Gasteiger partial charge in [-0.05, 0) is 44.9 Å². The molecule has 0 aromatic heterocycles. The highest BCUT2D eigenvalue weighted by atomic mass is 16.3. The van der Waals surface area contributed by atoms with Gasteiger partial charge in [0.1, 0.15) is 6.10 Å². The summed E-state index contributed by atoms with van der Waals surface area (Å²) in [6.07, 6.45) is 26.9. The molecule has 0 aliphatic rings. The van der Waals surface area contributed by atoms with Gasteiger partial charge in [0.2, 0.25) is 5.91 Å². The van der Waals surface area contributed by atoms with E-state index in [1.807, 2.05) is 0 Å². The van der Waals surface area contributed by atoms with E-state index in [9.17, 15) is 20.1 Å². The third-order valence-corrected chi connectivity index (χ3v) is 6.54. The maximum absolute atomic E-state index is 12.2. The zero-order valence-corrected chi connectivity index (χ0v) is 22.9. The van der Waals surface area contributed by atoms with E-state index in [2.05, 4.69) is 43.5 Å². The first-order valence-electron chi connectivity index (χ1n) is 14.6. The van der Waals surface area contributed by atoms with E-state index in [0.29, 0.717) is 12.8 Å². The molecule has 4 N–H and O–H groups in total. The lowest BCUT2D eigenvalue weighted by Gasteiger charge is -2.26. The molecular formula is C30H57NO4. The second-order valence-corrected chi connectivity index (χ2v) is 9.94. The van der Waals surface area contributed by atoms with Crippen molar-refractivity contribution >= 4 is 5.91 Å². The molecule has 0 spiro atoms. The molecule has 5 nitrogen and oxygen atoms in total. The monoisotopic (exact) mass is 495 g/mol.